The maximum absolute atomic E-state index is 12.4. The van der Waals surface area contributed by atoms with Crippen LogP contribution in [0.1, 0.15) is 102 Å². The first kappa shape index (κ1) is 34.1. The van der Waals surface area contributed by atoms with Crippen LogP contribution in [0.5, 0.6) is 5.75 Å². The topological polar surface area (TPSA) is 84.1 Å². The fourth-order valence-electron chi connectivity index (χ4n) is 4.35. The maximum Gasteiger partial charge on any atom is 0.426 e. The molecule has 0 saturated carbocycles. The van der Waals surface area contributed by atoms with Gasteiger partial charge in [0.05, 0.1) is 12.0 Å². The van der Waals surface area contributed by atoms with E-state index in [0.717, 1.165) is 24.9 Å². The van der Waals surface area contributed by atoms with Gasteiger partial charge in [-0.1, -0.05) is 102 Å². The summed E-state index contributed by atoms with van der Waals surface area (Å²) in [6, 6.07) is 7.07. The predicted octanol–water partition coefficient (Wildman–Crippen LogP) is 7.02. The highest BCUT2D eigenvalue weighted by molar-refractivity contribution is 7.53. The molecule has 0 bridgehead atoms. The van der Waals surface area contributed by atoms with Gasteiger partial charge in [0.15, 0.2) is 18.5 Å². The summed E-state index contributed by atoms with van der Waals surface area (Å²) in [6.07, 6.45) is 20.1. The lowest BCUT2D eigenvalue weighted by atomic mass is 10.0. The number of ether oxygens (including phenoxy) is 2. The van der Waals surface area contributed by atoms with E-state index in [-0.39, 0.29) is 12.4 Å². The fraction of sp³-hybridized carbons (Fsp3) is 0.700. The molecule has 1 unspecified atom stereocenters. The van der Waals surface area contributed by atoms with Crippen LogP contribution < -0.4 is 14.0 Å². The van der Waals surface area contributed by atoms with Crippen molar-refractivity contribution >= 4 is 19.5 Å². The molecule has 0 aliphatic carbocycles. The lowest BCUT2D eigenvalue weighted by Gasteiger charge is -2.22. The highest BCUT2D eigenvalue weighted by atomic mass is 32.1. The molecule has 7 nitrogen and oxygen atoms in total. The molecule has 0 aliphatic rings. The van der Waals surface area contributed by atoms with Gasteiger partial charge in [0.25, 0.3) is 0 Å². The molecule has 2 rings (SSSR count). The Kier molecular flexibility index (Phi) is 18.9. The number of hydrogen-bond acceptors (Lipinski definition) is 7. The fourth-order valence-corrected chi connectivity index (χ4v) is 5.75. The molecule has 39 heavy (non-hydrogen) atoms. The summed E-state index contributed by atoms with van der Waals surface area (Å²) in [5, 5.41) is 2.01. The van der Waals surface area contributed by atoms with Crippen molar-refractivity contribution in [1.82, 2.24) is 0 Å². The van der Waals surface area contributed by atoms with Crippen LogP contribution in [0.4, 0.5) is 0 Å². The van der Waals surface area contributed by atoms with Crippen molar-refractivity contribution < 1.29 is 32.9 Å². The molecule has 2 aromatic rings. The van der Waals surface area contributed by atoms with Crippen LogP contribution in [0.3, 0.4) is 0 Å². The second-order valence-electron chi connectivity index (χ2n) is 10.2. The van der Waals surface area contributed by atoms with Gasteiger partial charge >= 0.3 is 8.17 Å². The third kappa shape index (κ3) is 17.3. The zero-order valence-electron chi connectivity index (χ0n) is 24.1. The number of aromatic nitrogens is 1. The van der Waals surface area contributed by atoms with E-state index in [1.807, 2.05) is 29.2 Å². The number of phosphoric acid groups is 1. The molecule has 0 aliphatic heterocycles. The van der Waals surface area contributed by atoms with Gasteiger partial charge in [-0.25, -0.2) is 0 Å². The molecule has 1 aromatic carbocycles. The Labute approximate surface area is 241 Å². The third-order valence-electron chi connectivity index (χ3n) is 6.74. The van der Waals surface area contributed by atoms with Crippen LogP contribution in [0.15, 0.2) is 41.4 Å². The van der Waals surface area contributed by atoms with Crippen LogP contribution in [-0.2, 0) is 20.5 Å². The first-order valence-electron chi connectivity index (χ1n) is 14.8. The van der Waals surface area contributed by atoms with E-state index >= 15 is 0 Å². The molecule has 0 radical (unpaired) electrons. The number of rotatable bonds is 25. The Bertz CT molecular complexity index is 821. The Morgan fingerprint density at radius 2 is 1.46 bits per heavy atom. The molecule has 0 spiro atoms. The number of thiazole rings is 1. The standard InChI is InChI=1S/C30H50NO6PS/c1-3-4-5-6-7-8-9-10-11-12-13-14-15-16-22-35-25-30(34-2)26-36-38(32,33)37-29-19-17-28(18-20-29)24-31-21-23-39-27-31/h17-21,23,27,30H,3-16,22,24-26H2,1-2H3/p+1/t30-/m1/s1. The van der Waals surface area contributed by atoms with Crippen molar-refractivity contribution in [2.75, 3.05) is 26.9 Å². The normalized spacial score (nSPS) is 13.8. The smallest absolute Gasteiger partial charge is 0.426 e. The van der Waals surface area contributed by atoms with E-state index < -0.39 is 14.3 Å². The predicted molar refractivity (Wildman–Crippen MR) is 158 cm³/mol. The van der Waals surface area contributed by atoms with E-state index in [2.05, 4.69) is 11.5 Å². The van der Waals surface area contributed by atoms with Gasteiger partial charge in [-0.15, -0.1) is 0 Å². The first-order valence-corrected chi connectivity index (χ1v) is 17.2. The van der Waals surface area contributed by atoms with Crippen molar-refractivity contribution in [2.24, 2.45) is 0 Å². The molecular weight excluding hydrogens is 533 g/mol. The number of benzene rings is 1. The maximum atomic E-state index is 12.4. The summed E-state index contributed by atoms with van der Waals surface area (Å²) in [5.41, 5.74) is 3.09. The lowest BCUT2D eigenvalue weighted by molar-refractivity contribution is -0.683. The minimum absolute atomic E-state index is 0.0874. The Morgan fingerprint density at radius 3 is 2.00 bits per heavy atom. The van der Waals surface area contributed by atoms with Gasteiger partial charge in [-0.2, -0.15) is 14.0 Å². The van der Waals surface area contributed by atoms with E-state index in [4.69, 9.17) is 18.5 Å². The van der Waals surface area contributed by atoms with Crippen LogP contribution in [0, 0.1) is 0 Å². The molecule has 222 valence electrons. The summed E-state index contributed by atoms with van der Waals surface area (Å²) in [6.45, 7) is 3.87. The Hall–Kier alpha value is -1.12. The van der Waals surface area contributed by atoms with E-state index in [1.54, 1.807) is 23.5 Å². The van der Waals surface area contributed by atoms with Gasteiger partial charge in [-0.3, -0.25) is 4.52 Å². The molecule has 1 heterocycles. The number of unbranched alkanes of at least 4 members (excludes halogenated alkanes) is 13. The SMILES string of the molecule is CCCCCCCCCCCCCCCCOC[C@H](CO[P+]([O-])(O)Oc1ccc(C[n+]2ccsc2)cc1)OC. The highest BCUT2D eigenvalue weighted by Gasteiger charge is 2.30. The minimum atomic E-state index is -4.27. The van der Waals surface area contributed by atoms with Crippen molar-refractivity contribution in [3.63, 3.8) is 0 Å². The highest BCUT2D eigenvalue weighted by Crippen LogP contribution is 2.47. The first-order chi connectivity index (χ1) is 19.0. The number of phosphoric ester groups is 1. The number of hydrogen-bond donors (Lipinski definition) is 1. The van der Waals surface area contributed by atoms with E-state index in [0.29, 0.717) is 13.2 Å². The molecular formula is C30H51NO6PS+. The number of methoxy groups -OCH3 is 1. The third-order valence-corrected chi connectivity index (χ3v) is 8.33. The van der Waals surface area contributed by atoms with Crippen LogP contribution >= 0.6 is 19.5 Å². The van der Waals surface area contributed by atoms with Gasteiger partial charge in [0.2, 0.25) is 5.51 Å². The summed E-state index contributed by atoms with van der Waals surface area (Å²) in [5.74, 6) is 0.280. The zero-order chi connectivity index (χ0) is 28.0. The summed E-state index contributed by atoms with van der Waals surface area (Å²) in [7, 11) is -2.73. The van der Waals surface area contributed by atoms with E-state index in [1.165, 1.54) is 84.2 Å². The molecule has 0 saturated heterocycles. The van der Waals surface area contributed by atoms with Crippen LogP contribution in [0.2, 0.25) is 0 Å². The zero-order valence-corrected chi connectivity index (χ0v) is 25.8. The van der Waals surface area contributed by atoms with E-state index in [9.17, 15) is 9.79 Å². The average Bonchev–Trinajstić information content (AvgIpc) is 3.44. The minimum Gasteiger partial charge on any atom is -0.598 e. The Balaban J connectivity index is 1.46. The van der Waals surface area contributed by atoms with Gasteiger partial charge in [-0.05, 0) is 30.7 Å². The average molecular weight is 585 g/mol. The van der Waals surface area contributed by atoms with Gasteiger partial charge in [0.1, 0.15) is 12.7 Å². The van der Waals surface area contributed by atoms with Gasteiger partial charge < -0.3 is 14.4 Å². The summed E-state index contributed by atoms with van der Waals surface area (Å²) < 4.78 is 23.5. The van der Waals surface area contributed by atoms with Crippen molar-refractivity contribution in [1.29, 1.82) is 0 Å². The van der Waals surface area contributed by atoms with Gasteiger partial charge in [0, 0.05) is 19.3 Å². The molecule has 2 atom stereocenters. The largest absolute Gasteiger partial charge is 0.598 e. The van der Waals surface area contributed by atoms with Crippen molar-refractivity contribution in [3.8, 4) is 5.75 Å². The molecule has 1 N–H and O–H groups in total. The molecule has 1 aromatic heterocycles. The summed E-state index contributed by atoms with van der Waals surface area (Å²) >= 11 is 1.63. The number of nitrogens with zero attached hydrogens (tertiary/aromatic N) is 1. The molecule has 9 heteroatoms. The quantitative estimate of drug-likeness (QED) is 0.0767. The van der Waals surface area contributed by atoms with Crippen LogP contribution in [-0.4, -0.2) is 37.9 Å². The Morgan fingerprint density at radius 1 is 0.872 bits per heavy atom. The second kappa shape index (κ2) is 21.6. The van der Waals surface area contributed by atoms with Crippen molar-refractivity contribution in [2.45, 2.75) is 109 Å². The molecule has 0 amide bonds. The summed E-state index contributed by atoms with van der Waals surface area (Å²) in [4.78, 5) is 22.5. The van der Waals surface area contributed by atoms with Crippen molar-refractivity contribution in [3.05, 3.63) is 46.9 Å². The lowest BCUT2D eigenvalue weighted by Crippen LogP contribution is -2.30. The second-order valence-corrected chi connectivity index (χ2v) is 12.4. The monoisotopic (exact) mass is 584 g/mol. The van der Waals surface area contributed by atoms with Crippen LogP contribution in [0.25, 0.3) is 0 Å². The molecule has 0 fully saturated rings.